The van der Waals surface area contributed by atoms with E-state index in [1.165, 1.54) is 0 Å². The molecule has 0 spiro atoms. The Morgan fingerprint density at radius 1 is 1.20 bits per heavy atom. The molecule has 0 N–H and O–H groups in total. The van der Waals surface area contributed by atoms with E-state index in [0.29, 0.717) is 19.4 Å². The zero-order chi connectivity index (χ0) is 17.8. The van der Waals surface area contributed by atoms with Crippen molar-refractivity contribution in [2.24, 2.45) is 0 Å². The van der Waals surface area contributed by atoms with Crippen LogP contribution in [0.2, 0.25) is 0 Å². The van der Waals surface area contributed by atoms with Gasteiger partial charge in [-0.1, -0.05) is 6.08 Å². The van der Waals surface area contributed by atoms with Crippen LogP contribution in [0.5, 0.6) is 0 Å². The maximum Gasteiger partial charge on any atom is 0.490 e. The van der Waals surface area contributed by atoms with Crippen molar-refractivity contribution in [3.63, 3.8) is 0 Å². The molecular formula is C18H26BFN2O3. The number of alkyl halides is 1. The summed E-state index contributed by atoms with van der Waals surface area (Å²) in [7, 11) is -0.328. The Morgan fingerprint density at radius 3 is 2.52 bits per heavy atom. The second kappa shape index (κ2) is 5.93. The fraction of sp³-hybridized carbons (Fsp3) is 0.722. The lowest BCUT2D eigenvalue weighted by Crippen LogP contribution is -2.41. The number of nitrogens with zero attached hydrogens (tertiary/aromatic N) is 2. The largest absolute Gasteiger partial charge is 0.490 e. The Hall–Kier alpha value is -1.18. The molecule has 3 heterocycles. The van der Waals surface area contributed by atoms with E-state index in [2.05, 4.69) is 38.9 Å². The summed E-state index contributed by atoms with van der Waals surface area (Å²) in [6, 6.07) is 0.180. The number of hydrogen-bond acceptors (Lipinski definition) is 4. The molecule has 4 rings (SSSR count). The first-order valence-corrected chi connectivity index (χ1v) is 9.11. The predicted molar refractivity (Wildman–Crippen MR) is 92.9 cm³/mol. The minimum atomic E-state index is -0.682. The van der Waals surface area contributed by atoms with Gasteiger partial charge in [-0.05, 0) is 39.6 Å². The van der Waals surface area contributed by atoms with Crippen molar-refractivity contribution >= 4 is 7.12 Å². The fourth-order valence-electron chi connectivity index (χ4n) is 3.45. The van der Waals surface area contributed by atoms with Gasteiger partial charge >= 0.3 is 7.12 Å². The maximum atomic E-state index is 13.1. The maximum absolute atomic E-state index is 13.1. The Labute approximate surface area is 148 Å². The van der Waals surface area contributed by atoms with Gasteiger partial charge in [-0.15, -0.1) is 0 Å². The highest BCUT2D eigenvalue weighted by Gasteiger charge is 2.52. The molecule has 1 saturated heterocycles. The Bertz CT molecular complexity index is 666. The highest BCUT2D eigenvalue weighted by molar-refractivity contribution is 6.54. The van der Waals surface area contributed by atoms with Crippen LogP contribution >= 0.6 is 0 Å². The van der Waals surface area contributed by atoms with Gasteiger partial charge in [-0.25, -0.2) is 4.39 Å². The van der Waals surface area contributed by atoms with E-state index in [9.17, 15) is 4.39 Å². The van der Waals surface area contributed by atoms with Gasteiger partial charge in [-0.2, -0.15) is 5.10 Å². The molecule has 1 saturated carbocycles. The topological polar surface area (TPSA) is 45.5 Å². The van der Waals surface area contributed by atoms with Crippen molar-refractivity contribution in [3.8, 4) is 0 Å². The van der Waals surface area contributed by atoms with Gasteiger partial charge < -0.3 is 14.0 Å². The van der Waals surface area contributed by atoms with E-state index in [-0.39, 0.29) is 30.5 Å². The van der Waals surface area contributed by atoms with Crippen molar-refractivity contribution in [1.82, 2.24) is 9.78 Å². The molecule has 3 aliphatic rings. The van der Waals surface area contributed by atoms with Gasteiger partial charge in [0.15, 0.2) is 0 Å². The second-order valence-corrected chi connectivity index (χ2v) is 8.35. The fourth-order valence-corrected chi connectivity index (χ4v) is 3.45. The van der Waals surface area contributed by atoms with E-state index in [1.807, 2.05) is 17.1 Å². The Kier molecular flexibility index (Phi) is 4.09. The van der Waals surface area contributed by atoms with Crippen LogP contribution in [0.25, 0.3) is 0 Å². The Balaban J connectivity index is 1.50. The van der Waals surface area contributed by atoms with Crippen LogP contribution < -0.4 is 0 Å². The molecule has 0 amide bonds. The van der Waals surface area contributed by atoms with Gasteiger partial charge in [0.25, 0.3) is 0 Å². The van der Waals surface area contributed by atoms with Crippen LogP contribution in [0, 0.1) is 0 Å². The summed E-state index contributed by atoms with van der Waals surface area (Å²) >= 11 is 0. The summed E-state index contributed by atoms with van der Waals surface area (Å²) in [6.07, 6.45) is 6.96. The summed E-state index contributed by atoms with van der Waals surface area (Å²) < 4.78 is 33.2. The molecule has 2 fully saturated rings. The molecule has 2 aliphatic heterocycles. The first-order chi connectivity index (χ1) is 11.7. The predicted octanol–water partition coefficient (Wildman–Crippen LogP) is 3.58. The molecule has 1 unspecified atom stereocenters. The van der Waals surface area contributed by atoms with Gasteiger partial charge in [-0.3, -0.25) is 4.68 Å². The van der Waals surface area contributed by atoms with Crippen LogP contribution in [0.1, 0.15) is 64.7 Å². The molecule has 1 aromatic heterocycles. The van der Waals surface area contributed by atoms with Gasteiger partial charge in [0.1, 0.15) is 12.3 Å². The molecule has 0 radical (unpaired) electrons. The normalized spacial score (nSPS) is 33.9. The van der Waals surface area contributed by atoms with E-state index in [4.69, 9.17) is 14.0 Å². The Morgan fingerprint density at radius 2 is 1.88 bits per heavy atom. The van der Waals surface area contributed by atoms with Gasteiger partial charge in [0.2, 0.25) is 0 Å². The monoisotopic (exact) mass is 348 g/mol. The third kappa shape index (κ3) is 3.07. The van der Waals surface area contributed by atoms with Crippen LogP contribution in [0.3, 0.4) is 0 Å². The third-order valence-corrected chi connectivity index (χ3v) is 5.99. The number of halogens is 1. The molecule has 1 atom stereocenters. The lowest BCUT2D eigenvalue weighted by atomic mass is 9.74. The lowest BCUT2D eigenvalue weighted by molar-refractivity contribution is 0.00578. The van der Waals surface area contributed by atoms with Crippen LogP contribution in [-0.2, 0) is 14.0 Å². The smallest absolute Gasteiger partial charge is 0.400 e. The standard InChI is InChI=1S/C18H26BFN2O3/c1-17(2)18(3,4)25-19(24-17)13-5-6-23-16(7-13)12-10-21-22(11-12)15-8-14(20)9-15/h7,10-11,14-16H,5-6,8-9H2,1-4H3. The van der Waals surface area contributed by atoms with Crippen molar-refractivity contribution < 1.29 is 18.4 Å². The van der Waals surface area contributed by atoms with Crippen molar-refractivity contribution in [2.45, 2.75) is 76.5 Å². The summed E-state index contributed by atoms with van der Waals surface area (Å²) in [5, 5.41) is 4.39. The average Bonchev–Trinajstić information content (AvgIpc) is 3.07. The minimum Gasteiger partial charge on any atom is -0.400 e. The summed E-state index contributed by atoms with van der Waals surface area (Å²) in [4.78, 5) is 0. The van der Waals surface area contributed by atoms with Gasteiger partial charge in [0, 0.05) is 24.6 Å². The van der Waals surface area contributed by atoms with Crippen LogP contribution in [0.4, 0.5) is 4.39 Å². The van der Waals surface area contributed by atoms with E-state index in [1.54, 1.807) is 0 Å². The SMILES string of the molecule is CC1(C)OB(C2=CC(c3cnn(C4CC(F)C4)c3)OCC2)OC1(C)C. The van der Waals surface area contributed by atoms with Crippen LogP contribution in [-0.4, -0.2) is 40.9 Å². The number of aromatic nitrogens is 2. The molecule has 136 valence electrons. The third-order valence-electron chi connectivity index (χ3n) is 5.99. The highest BCUT2D eigenvalue weighted by atomic mass is 19.1. The summed E-state index contributed by atoms with van der Waals surface area (Å²) in [5.41, 5.74) is 1.43. The van der Waals surface area contributed by atoms with E-state index in [0.717, 1.165) is 17.5 Å². The summed E-state index contributed by atoms with van der Waals surface area (Å²) in [6.45, 7) is 8.87. The van der Waals surface area contributed by atoms with Crippen LogP contribution in [0.15, 0.2) is 23.9 Å². The first kappa shape index (κ1) is 17.2. The number of ether oxygens (including phenoxy) is 1. The van der Waals surface area contributed by atoms with Crippen molar-refractivity contribution in [2.75, 3.05) is 6.61 Å². The average molecular weight is 348 g/mol. The molecule has 1 aromatic rings. The van der Waals surface area contributed by atoms with E-state index >= 15 is 0 Å². The first-order valence-electron chi connectivity index (χ1n) is 9.11. The minimum absolute atomic E-state index is 0.155. The quantitative estimate of drug-likeness (QED) is 0.784. The molecule has 7 heteroatoms. The molecule has 0 aromatic carbocycles. The zero-order valence-corrected chi connectivity index (χ0v) is 15.4. The zero-order valence-electron chi connectivity index (χ0n) is 15.4. The molecule has 0 bridgehead atoms. The highest BCUT2D eigenvalue weighted by Crippen LogP contribution is 2.41. The molecular weight excluding hydrogens is 322 g/mol. The van der Waals surface area contributed by atoms with Crippen molar-refractivity contribution in [1.29, 1.82) is 0 Å². The molecule has 25 heavy (non-hydrogen) atoms. The van der Waals surface area contributed by atoms with E-state index < -0.39 is 6.17 Å². The van der Waals surface area contributed by atoms with Crippen molar-refractivity contribution in [3.05, 3.63) is 29.5 Å². The molecule has 5 nitrogen and oxygen atoms in total. The van der Waals surface area contributed by atoms with Gasteiger partial charge in [0.05, 0.1) is 30.0 Å². The molecule has 1 aliphatic carbocycles. The summed E-state index contributed by atoms with van der Waals surface area (Å²) in [5.74, 6) is 0. The second-order valence-electron chi connectivity index (χ2n) is 8.35. The number of rotatable bonds is 3. The lowest BCUT2D eigenvalue weighted by Gasteiger charge is -2.32. The number of hydrogen-bond donors (Lipinski definition) is 0.